The number of likely N-dealkylation sites (N-methyl/N-ethyl adjacent to an activating group) is 2. The first-order valence-electron chi connectivity index (χ1n) is 25.1. The third-order valence-corrected chi connectivity index (χ3v) is 15.5. The minimum Gasteiger partial charge on any atom is -0.481 e. The zero-order valence-corrected chi connectivity index (χ0v) is 44.8. The molecule has 1 aliphatic heterocycles. The summed E-state index contributed by atoms with van der Waals surface area (Å²) in [4.78, 5) is 98.4. The second kappa shape index (κ2) is 28.4. The SMILES string of the molecule is CC[C@H](C)[C@@H]([C@@H](CC(=O)N1CCC[C@H]1[C@H](OC)[C@@H](C)C(=O)N[C@@H](Cc1ccc(OC(=O)NCCCCCC(=O)O)cc1)C(=O)NS(=O)(=O)C1CC1)OC)N(C)C(=O)[C@@H](NC(=O)C(C(C)C)N(C)C)C(C)C. The number of aliphatic carboxylic acids is 1. The van der Waals surface area contributed by atoms with Crippen molar-refractivity contribution in [3.63, 3.8) is 0 Å². The highest BCUT2D eigenvalue weighted by molar-refractivity contribution is 7.90. The van der Waals surface area contributed by atoms with Crippen LogP contribution in [0.4, 0.5) is 4.79 Å². The van der Waals surface area contributed by atoms with E-state index in [4.69, 9.17) is 19.3 Å². The van der Waals surface area contributed by atoms with E-state index in [2.05, 4.69) is 20.7 Å². The molecule has 1 saturated heterocycles. The zero-order chi connectivity index (χ0) is 53.3. The maximum absolute atomic E-state index is 14.4. The zero-order valence-electron chi connectivity index (χ0n) is 44.0. The van der Waals surface area contributed by atoms with E-state index in [-0.39, 0.29) is 60.5 Å². The number of rotatable bonds is 30. The van der Waals surface area contributed by atoms with E-state index in [1.807, 2.05) is 60.5 Å². The van der Waals surface area contributed by atoms with E-state index in [9.17, 15) is 42.0 Å². The molecule has 9 atom stereocenters. The maximum atomic E-state index is 14.4. The predicted octanol–water partition coefficient (Wildman–Crippen LogP) is 3.70. The highest BCUT2D eigenvalue weighted by atomic mass is 32.2. The number of nitrogens with one attached hydrogen (secondary N) is 4. The number of nitrogens with zero attached hydrogens (tertiary/aromatic N) is 3. The van der Waals surface area contributed by atoms with Crippen molar-refractivity contribution in [3.8, 4) is 5.75 Å². The molecule has 0 aromatic heterocycles. The van der Waals surface area contributed by atoms with Gasteiger partial charge in [0.05, 0.1) is 47.9 Å². The molecule has 1 saturated carbocycles. The number of carbonyl (C=O) groups is 7. The number of hydrogen-bond donors (Lipinski definition) is 5. The van der Waals surface area contributed by atoms with E-state index >= 15 is 0 Å². The van der Waals surface area contributed by atoms with Gasteiger partial charge >= 0.3 is 12.1 Å². The largest absolute Gasteiger partial charge is 0.481 e. The van der Waals surface area contributed by atoms with Gasteiger partial charge in [0.2, 0.25) is 33.7 Å². The van der Waals surface area contributed by atoms with Gasteiger partial charge in [-0.15, -0.1) is 0 Å². The lowest BCUT2D eigenvalue weighted by Gasteiger charge is -2.41. The van der Waals surface area contributed by atoms with Crippen molar-refractivity contribution in [2.75, 3.05) is 48.5 Å². The predicted molar refractivity (Wildman–Crippen MR) is 267 cm³/mol. The number of likely N-dealkylation sites (tertiary alicyclic amines) is 1. The summed E-state index contributed by atoms with van der Waals surface area (Å²) in [5.74, 6) is -4.30. The summed E-state index contributed by atoms with van der Waals surface area (Å²) >= 11 is 0. The molecule has 2 aliphatic rings. The first kappa shape index (κ1) is 60.4. The van der Waals surface area contributed by atoms with E-state index in [1.54, 1.807) is 35.9 Å². The lowest BCUT2D eigenvalue weighted by atomic mass is 9.89. The Balaban J connectivity index is 1.78. The van der Waals surface area contributed by atoms with E-state index in [1.165, 1.54) is 26.4 Å². The van der Waals surface area contributed by atoms with Crippen LogP contribution in [0.1, 0.15) is 118 Å². The lowest BCUT2D eigenvalue weighted by Crippen LogP contribution is -2.59. The van der Waals surface area contributed by atoms with Gasteiger partial charge < -0.3 is 45.1 Å². The molecule has 1 aromatic rings. The Morgan fingerprint density at radius 1 is 0.831 bits per heavy atom. The van der Waals surface area contributed by atoms with Gasteiger partial charge in [0.25, 0.3) is 5.91 Å². The van der Waals surface area contributed by atoms with Crippen molar-refractivity contribution in [3.05, 3.63) is 29.8 Å². The van der Waals surface area contributed by atoms with Gasteiger partial charge in [0, 0.05) is 47.2 Å². The summed E-state index contributed by atoms with van der Waals surface area (Å²) in [7, 11) is 4.30. The number of hydrogen-bond acceptors (Lipinski definition) is 13. The number of methoxy groups -OCH3 is 2. The molecule has 1 aromatic carbocycles. The molecule has 2 fully saturated rings. The van der Waals surface area contributed by atoms with Crippen molar-refractivity contribution in [1.82, 2.24) is 35.4 Å². The number of sulfonamides is 1. The standard InChI is InChI=1S/C50H83N7O13S/c1-13-32(6)44(56(10)49(64)42(30(2)3)53-48(63)43(31(4)5)55(8)9)39(68-11)29-40(58)57-27-17-18-38(57)45(69-12)33(7)46(61)52-37(47(62)54-71(66,67)36-24-25-36)28-34-20-22-35(23-21-34)70-50(65)51-26-16-14-15-19-41(59)60/h20-23,30-33,36-39,42-45H,13-19,24-29H2,1-12H3,(H,51,65)(H,52,61)(H,53,63)(H,54,62)(H,59,60)/t32-,33+,37-,38-,39+,42-,43?,44-,45+/m0/s1. The Morgan fingerprint density at radius 2 is 1.48 bits per heavy atom. The van der Waals surface area contributed by atoms with Crippen molar-refractivity contribution in [1.29, 1.82) is 0 Å². The fraction of sp³-hybridized carbons (Fsp3) is 0.740. The normalized spacial score (nSPS) is 18.4. The van der Waals surface area contributed by atoms with Crippen LogP contribution in [0.2, 0.25) is 0 Å². The number of carbonyl (C=O) groups excluding carboxylic acids is 6. The summed E-state index contributed by atoms with van der Waals surface area (Å²) in [6, 6.07) is 2.44. The van der Waals surface area contributed by atoms with Crippen molar-refractivity contribution < 1.29 is 61.3 Å². The van der Waals surface area contributed by atoms with Crippen LogP contribution in [0, 0.1) is 23.7 Å². The van der Waals surface area contributed by atoms with Crippen molar-refractivity contribution in [2.24, 2.45) is 23.7 Å². The van der Waals surface area contributed by atoms with Gasteiger partial charge in [-0.25, -0.2) is 13.2 Å². The second-order valence-electron chi connectivity index (χ2n) is 20.1. The molecule has 71 heavy (non-hydrogen) atoms. The topological polar surface area (TPSA) is 259 Å². The molecule has 6 amide bonds. The van der Waals surface area contributed by atoms with E-state index < -0.39 is 87.5 Å². The van der Waals surface area contributed by atoms with Crippen LogP contribution < -0.4 is 25.4 Å². The summed E-state index contributed by atoms with van der Waals surface area (Å²) in [6.45, 7) is 13.9. The van der Waals surface area contributed by atoms with Gasteiger partial charge in [-0.05, 0) is 88.1 Å². The molecule has 0 spiro atoms. The van der Waals surface area contributed by atoms with Gasteiger partial charge in [-0.3, -0.25) is 38.4 Å². The van der Waals surface area contributed by atoms with Crippen LogP contribution in [-0.4, -0.2) is 166 Å². The molecule has 1 unspecified atom stereocenters. The van der Waals surface area contributed by atoms with Crippen molar-refractivity contribution >= 4 is 51.6 Å². The number of benzene rings is 1. The first-order valence-corrected chi connectivity index (χ1v) is 26.6. The Hall–Kier alpha value is -4.86. The smallest absolute Gasteiger partial charge is 0.412 e. The average molecular weight is 1020 g/mol. The van der Waals surface area contributed by atoms with Crippen LogP contribution in [-0.2, 0) is 54.7 Å². The van der Waals surface area contributed by atoms with Crippen LogP contribution in [0.15, 0.2) is 24.3 Å². The molecule has 20 nitrogen and oxygen atoms in total. The average Bonchev–Trinajstić information content (AvgIpc) is 4.07. The van der Waals surface area contributed by atoms with Gasteiger partial charge in [-0.2, -0.15) is 0 Å². The highest BCUT2D eigenvalue weighted by Crippen LogP contribution is 2.31. The number of ether oxygens (including phenoxy) is 3. The molecule has 1 heterocycles. The van der Waals surface area contributed by atoms with Crippen LogP contribution >= 0.6 is 0 Å². The minimum absolute atomic E-state index is 0.00359. The molecule has 402 valence electrons. The Labute approximate surface area is 421 Å². The fourth-order valence-electron chi connectivity index (χ4n) is 9.44. The molecular weight excluding hydrogens is 939 g/mol. The van der Waals surface area contributed by atoms with E-state index in [0.717, 1.165) is 0 Å². The third kappa shape index (κ3) is 18.0. The minimum atomic E-state index is -3.99. The molecule has 3 rings (SSSR count). The molecule has 0 bridgehead atoms. The maximum Gasteiger partial charge on any atom is 0.412 e. The van der Waals surface area contributed by atoms with Gasteiger partial charge in [0.15, 0.2) is 0 Å². The molecule has 21 heteroatoms. The summed E-state index contributed by atoms with van der Waals surface area (Å²) in [5.41, 5.74) is 0.522. The van der Waals surface area contributed by atoms with Crippen LogP contribution in [0.3, 0.4) is 0 Å². The monoisotopic (exact) mass is 1020 g/mol. The molecule has 1 aliphatic carbocycles. The number of carboxylic acids is 1. The fourth-order valence-corrected chi connectivity index (χ4v) is 10.8. The molecule has 0 radical (unpaired) electrons. The summed E-state index contributed by atoms with van der Waals surface area (Å²) in [6.07, 6.45) is 1.87. The Morgan fingerprint density at radius 3 is 2.01 bits per heavy atom. The van der Waals surface area contributed by atoms with Gasteiger partial charge in [0.1, 0.15) is 17.8 Å². The number of unbranched alkanes of at least 4 members (excludes halogenated alkanes) is 2. The summed E-state index contributed by atoms with van der Waals surface area (Å²) < 4.78 is 45.3. The van der Waals surface area contributed by atoms with Crippen molar-refractivity contribution in [2.45, 2.75) is 167 Å². The lowest BCUT2D eigenvalue weighted by molar-refractivity contribution is -0.148. The molecule has 5 N–H and O–H groups in total. The Kier molecular flexibility index (Phi) is 24.2. The third-order valence-electron chi connectivity index (χ3n) is 13.7. The van der Waals surface area contributed by atoms with Crippen LogP contribution in [0.5, 0.6) is 5.75 Å². The quantitative estimate of drug-likeness (QED) is 0.0689. The number of amides is 6. The molecular formula is C50H83N7O13S. The highest BCUT2D eigenvalue weighted by Gasteiger charge is 2.44. The van der Waals surface area contributed by atoms with E-state index in [0.29, 0.717) is 70.0 Å². The summed E-state index contributed by atoms with van der Waals surface area (Å²) in [5, 5.41) is 16.5. The first-order chi connectivity index (χ1) is 33.4. The Bertz CT molecular complexity index is 2040. The number of carboxylic acid groups (broad SMARTS) is 1. The van der Waals surface area contributed by atoms with Gasteiger partial charge in [-0.1, -0.05) is 73.4 Å². The second-order valence-corrected chi connectivity index (χ2v) is 22.1. The van der Waals surface area contributed by atoms with Crippen LogP contribution in [0.25, 0.3) is 0 Å².